The Morgan fingerprint density at radius 1 is 0.893 bits per heavy atom. The molecule has 3 aromatic rings. The number of carbonyl (C=O) groups excluding carboxylic acids is 1. The van der Waals surface area contributed by atoms with Gasteiger partial charge in [-0.25, -0.2) is 4.98 Å². The van der Waals surface area contributed by atoms with Crippen LogP contribution in [0.4, 0.5) is 17.1 Å². The van der Waals surface area contributed by atoms with Crippen molar-refractivity contribution in [2.75, 3.05) is 24.9 Å². The van der Waals surface area contributed by atoms with Crippen LogP contribution >= 0.6 is 0 Å². The van der Waals surface area contributed by atoms with E-state index >= 15 is 0 Å². The summed E-state index contributed by atoms with van der Waals surface area (Å²) in [6.07, 6.45) is 1.61. The number of pyridine rings is 1. The fourth-order valence-corrected chi connectivity index (χ4v) is 2.67. The summed E-state index contributed by atoms with van der Waals surface area (Å²) in [5.74, 6) is 1.10. The summed E-state index contributed by atoms with van der Waals surface area (Å²) in [7, 11) is 3.20. The smallest absolute Gasteiger partial charge is 0.274 e. The van der Waals surface area contributed by atoms with Gasteiger partial charge in [0.05, 0.1) is 31.8 Å². The fourth-order valence-electron chi connectivity index (χ4n) is 2.67. The van der Waals surface area contributed by atoms with Gasteiger partial charge in [-0.2, -0.15) is 0 Å². The average Bonchev–Trinajstić information content (AvgIpc) is 2.71. The van der Waals surface area contributed by atoms with Gasteiger partial charge in [0.25, 0.3) is 5.91 Å². The first-order valence-electron chi connectivity index (χ1n) is 8.84. The van der Waals surface area contributed by atoms with E-state index < -0.39 is 0 Å². The van der Waals surface area contributed by atoms with E-state index in [4.69, 9.17) is 9.47 Å². The summed E-state index contributed by atoms with van der Waals surface area (Å²) in [4.78, 5) is 16.7. The molecule has 1 amide bonds. The van der Waals surface area contributed by atoms with Crippen molar-refractivity contribution in [3.63, 3.8) is 0 Å². The van der Waals surface area contributed by atoms with Crippen LogP contribution in [0.1, 0.15) is 21.6 Å². The molecule has 0 aliphatic rings. The van der Waals surface area contributed by atoms with Crippen molar-refractivity contribution in [1.29, 1.82) is 0 Å². The number of aromatic nitrogens is 1. The predicted octanol–water partition coefficient (Wildman–Crippen LogP) is 4.71. The standard InChI is InChI=1S/C22H23N3O3/c1-14-5-6-16(11-15(14)2)25-22(26)20-9-7-17(13-23-20)24-19-10-8-18(27-3)12-21(19)28-4/h5-13,24H,1-4H3,(H,25,26). The Hall–Kier alpha value is -3.54. The number of benzene rings is 2. The highest BCUT2D eigenvalue weighted by molar-refractivity contribution is 6.03. The van der Waals surface area contributed by atoms with Crippen molar-refractivity contribution < 1.29 is 14.3 Å². The van der Waals surface area contributed by atoms with Gasteiger partial charge in [-0.15, -0.1) is 0 Å². The minimum Gasteiger partial charge on any atom is -0.497 e. The predicted molar refractivity (Wildman–Crippen MR) is 111 cm³/mol. The molecule has 28 heavy (non-hydrogen) atoms. The second-order valence-electron chi connectivity index (χ2n) is 6.38. The third-order valence-electron chi connectivity index (χ3n) is 4.45. The molecule has 6 heteroatoms. The zero-order chi connectivity index (χ0) is 20.1. The van der Waals surface area contributed by atoms with E-state index in [1.165, 1.54) is 5.56 Å². The maximum absolute atomic E-state index is 12.4. The van der Waals surface area contributed by atoms with Crippen molar-refractivity contribution in [3.8, 4) is 11.5 Å². The molecule has 0 radical (unpaired) electrons. The van der Waals surface area contributed by atoms with Crippen LogP contribution in [0.3, 0.4) is 0 Å². The zero-order valence-electron chi connectivity index (χ0n) is 16.4. The molecule has 0 unspecified atom stereocenters. The summed E-state index contributed by atoms with van der Waals surface area (Å²) < 4.78 is 10.6. The van der Waals surface area contributed by atoms with E-state index in [-0.39, 0.29) is 5.91 Å². The molecule has 0 aliphatic heterocycles. The van der Waals surface area contributed by atoms with Crippen molar-refractivity contribution in [2.45, 2.75) is 13.8 Å². The Balaban J connectivity index is 1.71. The number of methoxy groups -OCH3 is 2. The average molecular weight is 377 g/mol. The molecule has 3 rings (SSSR count). The van der Waals surface area contributed by atoms with Gasteiger partial charge in [-0.3, -0.25) is 4.79 Å². The van der Waals surface area contributed by atoms with E-state index in [1.807, 2.05) is 44.2 Å². The normalized spacial score (nSPS) is 10.3. The van der Waals surface area contributed by atoms with Gasteiger partial charge in [0.15, 0.2) is 0 Å². The molecule has 0 bridgehead atoms. The number of hydrogen-bond acceptors (Lipinski definition) is 5. The minimum atomic E-state index is -0.253. The van der Waals surface area contributed by atoms with Crippen LogP contribution in [0.5, 0.6) is 11.5 Å². The molecular weight excluding hydrogens is 354 g/mol. The second-order valence-corrected chi connectivity index (χ2v) is 6.38. The lowest BCUT2D eigenvalue weighted by Gasteiger charge is -2.12. The Labute approximate surface area is 164 Å². The Kier molecular flexibility index (Phi) is 5.79. The van der Waals surface area contributed by atoms with Gasteiger partial charge in [-0.05, 0) is 61.4 Å². The first kappa shape index (κ1) is 19.2. The maximum atomic E-state index is 12.4. The Morgan fingerprint density at radius 3 is 2.32 bits per heavy atom. The van der Waals surface area contributed by atoms with Crippen molar-refractivity contribution in [3.05, 3.63) is 71.5 Å². The number of amides is 1. The van der Waals surface area contributed by atoms with Crippen LogP contribution in [0.25, 0.3) is 0 Å². The van der Waals surface area contributed by atoms with E-state index in [9.17, 15) is 4.79 Å². The number of rotatable bonds is 6. The van der Waals surface area contributed by atoms with Crippen molar-refractivity contribution in [2.24, 2.45) is 0 Å². The quantitative estimate of drug-likeness (QED) is 0.651. The van der Waals surface area contributed by atoms with Crippen LogP contribution in [0, 0.1) is 13.8 Å². The molecular formula is C22H23N3O3. The molecule has 2 N–H and O–H groups in total. The van der Waals surface area contributed by atoms with E-state index in [0.29, 0.717) is 17.2 Å². The number of aryl methyl sites for hydroxylation is 2. The SMILES string of the molecule is COc1ccc(Nc2ccc(C(=O)Nc3ccc(C)c(C)c3)nc2)c(OC)c1. The van der Waals surface area contributed by atoms with Gasteiger partial charge in [-0.1, -0.05) is 6.07 Å². The summed E-state index contributed by atoms with van der Waals surface area (Å²) >= 11 is 0. The van der Waals surface area contributed by atoms with Crippen molar-refractivity contribution >= 4 is 23.0 Å². The Bertz CT molecular complexity index is 985. The number of ether oxygens (including phenoxy) is 2. The zero-order valence-corrected chi connectivity index (χ0v) is 16.4. The van der Waals surface area contributed by atoms with Crippen LogP contribution in [0.2, 0.25) is 0 Å². The molecule has 144 valence electrons. The highest BCUT2D eigenvalue weighted by Gasteiger charge is 2.10. The molecule has 1 aromatic heterocycles. The lowest BCUT2D eigenvalue weighted by atomic mass is 10.1. The van der Waals surface area contributed by atoms with Crippen LogP contribution in [-0.4, -0.2) is 25.1 Å². The number of nitrogens with one attached hydrogen (secondary N) is 2. The lowest BCUT2D eigenvalue weighted by molar-refractivity contribution is 0.102. The first-order chi connectivity index (χ1) is 13.5. The van der Waals surface area contributed by atoms with E-state index in [2.05, 4.69) is 15.6 Å². The molecule has 0 saturated carbocycles. The molecule has 6 nitrogen and oxygen atoms in total. The first-order valence-corrected chi connectivity index (χ1v) is 8.84. The highest BCUT2D eigenvalue weighted by atomic mass is 16.5. The fraction of sp³-hybridized carbons (Fsp3) is 0.182. The van der Waals surface area contributed by atoms with Gasteiger partial charge in [0.1, 0.15) is 17.2 Å². The maximum Gasteiger partial charge on any atom is 0.274 e. The Morgan fingerprint density at radius 2 is 1.68 bits per heavy atom. The third kappa shape index (κ3) is 4.40. The van der Waals surface area contributed by atoms with Crippen LogP contribution in [0.15, 0.2) is 54.7 Å². The van der Waals surface area contributed by atoms with Gasteiger partial charge < -0.3 is 20.1 Å². The molecule has 0 atom stereocenters. The molecule has 0 fully saturated rings. The van der Waals surface area contributed by atoms with Crippen molar-refractivity contribution in [1.82, 2.24) is 4.98 Å². The third-order valence-corrected chi connectivity index (χ3v) is 4.45. The number of anilines is 3. The van der Waals surface area contributed by atoms with Gasteiger partial charge in [0.2, 0.25) is 0 Å². The summed E-state index contributed by atoms with van der Waals surface area (Å²) in [6, 6.07) is 14.8. The molecule has 0 spiro atoms. The number of nitrogens with zero attached hydrogens (tertiary/aromatic N) is 1. The second kappa shape index (κ2) is 8.43. The van der Waals surface area contributed by atoms with Gasteiger partial charge >= 0.3 is 0 Å². The van der Waals surface area contributed by atoms with Gasteiger partial charge in [0, 0.05) is 11.8 Å². The largest absolute Gasteiger partial charge is 0.497 e. The molecule has 2 aromatic carbocycles. The molecule has 1 heterocycles. The minimum absolute atomic E-state index is 0.253. The number of hydrogen-bond donors (Lipinski definition) is 2. The number of carbonyl (C=O) groups is 1. The summed E-state index contributed by atoms with van der Waals surface area (Å²) in [5, 5.41) is 6.10. The topological polar surface area (TPSA) is 72.5 Å². The lowest BCUT2D eigenvalue weighted by Crippen LogP contribution is -2.13. The summed E-state index contributed by atoms with van der Waals surface area (Å²) in [5.41, 5.74) is 4.91. The molecule has 0 saturated heterocycles. The van der Waals surface area contributed by atoms with Crippen LogP contribution in [-0.2, 0) is 0 Å². The monoisotopic (exact) mass is 377 g/mol. The van der Waals surface area contributed by atoms with E-state index in [0.717, 1.165) is 22.6 Å². The van der Waals surface area contributed by atoms with Crippen LogP contribution < -0.4 is 20.1 Å². The summed E-state index contributed by atoms with van der Waals surface area (Å²) in [6.45, 7) is 4.04. The highest BCUT2D eigenvalue weighted by Crippen LogP contribution is 2.31. The molecule has 0 aliphatic carbocycles. The van der Waals surface area contributed by atoms with E-state index in [1.54, 1.807) is 38.6 Å².